The van der Waals surface area contributed by atoms with Gasteiger partial charge < -0.3 is 11.1 Å². The number of nitrogens with two attached hydrogens (primary N) is 1. The number of hydrogen-bond acceptors (Lipinski definition) is 3. The van der Waals surface area contributed by atoms with Crippen molar-refractivity contribution in [2.24, 2.45) is 5.73 Å². The van der Waals surface area contributed by atoms with E-state index in [1.807, 2.05) is 0 Å². The summed E-state index contributed by atoms with van der Waals surface area (Å²) in [5, 5.41) is -0.291. The van der Waals surface area contributed by atoms with Crippen molar-refractivity contribution in [3.8, 4) is 0 Å². The fraction of sp³-hybridized carbons (Fsp3) is 0.684. The Hall–Kier alpha value is -2.55. The zero-order chi connectivity index (χ0) is 32.4. The molecule has 41 heavy (non-hydrogen) atoms. The van der Waals surface area contributed by atoms with E-state index in [1.165, 1.54) is 0 Å². The predicted molar refractivity (Wildman–Crippen MR) is 103 cm³/mol. The maximum atomic E-state index is 14.2. The number of nitrogens with one attached hydrogen (secondary N) is 1. The first kappa shape index (κ1) is 34.7. The highest BCUT2D eigenvalue weighted by atomic mass is 32.1. The van der Waals surface area contributed by atoms with Crippen molar-refractivity contribution >= 4 is 28.2 Å². The molecule has 1 heterocycles. The number of carbonyl (C=O) groups is 2. The number of alkyl halides is 17. The zero-order valence-electron chi connectivity index (χ0n) is 19.3. The third-order valence-corrected chi connectivity index (χ3v) is 7.11. The van der Waals surface area contributed by atoms with Gasteiger partial charge in [-0.1, -0.05) is 6.42 Å². The van der Waals surface area contributed by atoms with E-state index in [9.17, 15) is 84.2 Å². The number of primary amides is 1. The smallest absolute Gasteiger partial charge is 0.365 e. The summed E-state index contributed by atoms with van der Waals surface area (Å²) < 4.78 is 228. The van der Waals surface area contributed by atoms with Crippen molar-refractivity contribution in [2.75, 3.05) is 5.32 Å². The number of thiophene rings is 1. The molecule has 0 aromatic carbocycles. The van der Waals surface area contributed by atoms with Crippen LogP contribution in [0, 0.1) is 0 Å². The van der Waals surface area contributed by atoms with Crippen molar-refractivity contribution in [3.63, 3.8) is 0 Å². The Morgan fingerprint density at radius 2 is 1.02 bits per heavy atom. The number of hydrogen-bond donors (Lipinski definition) is 2. The predicted octanol–water partition coefficient (Wildman–Crippen LogP) is 7.06. The van der Waals surface area contributed by atoms with Gasteiger partial charge in [-0.3, -0.25) is 9.59 Å². The Balaban J connectivity index is 2.57. The number of carbonyl (C=O) groups excluding carboxylic acids is 2. The van der Waals surface area contributed by atoms with Crippen molar-refractivity contribution in [1.82, 2.24) is 0 Å². The largest absolute Gasteiger partial charge is 0.460 e. The van der Waals surface area contributed by atoms with E-state index in [-0.39, 0.29) is 34.6 Å². The molecular weight excluding hydrogens is 643 g/mol. The van der Waals surface area contributed by atoms with Gasteiger partial charge in [0.2, 0.25) is 0 Å². The van der Waals surface area contributed by atoms with Crippen molar-refractivity contribution in [1.29, 1.82) is 0 Å². The quantitative estimate of drug-likeness (QED) is 0.221. The van der Waals surface area contributed by atoms with Crippen molar-refractivity contribution < 1.29 is 84.2 Å². The molecule has 0 saturated heterocycles. The number of fused-ring (bicyclic) bond motifs is 1. The van der Waals surface area contributed by atoms with Crippen LogP contribution in [0.4, 0.5) is 79.6 Å². The van der Waals surface area contributed by atoms with Gasteiger partial charge in [0.1, 0.15) is 5.00 Å². The molecule has 0 saturated carbocycles. The molecule has 0 fully saturated rings. The summed E-state index contributed by atoms with van der Waals surface area (Å²) in [6.07, 6.45) is -6.45. The number of aryl methyl sites for hydroxylation is 1. The van der Waals surface area contributed by atoms with Crippen LogP contribution in [0.15, 0.2) is 0 Å². The van der Waals surface area contributed by atoms with Gasteiger partial charge in [-0.25, -0.2) is 0 Å². The molecule has 236 valence electrons. The molecule has 0 bridgehead atoms. The van der Waals surface area contributed by atoms with Crippen molar-refractivity contribution in [2.45, 2.75) is 79.7 Å². The molecular formula is C19H13F17N2O2S. The molecule has 0 radical (unpaired) electrons. The lowest BCUT2D eigenvalue weighted by Crippen LogP contribution is -2.75. The van der Waals surface area contributed by atoms with Gasteiger partial charge in [0.05, 0.1) is 5.56 Å². The maximum absolute atomic E-state index is 14.2. The summed E-state index contributed by atoms with van der Waals surface area (Å²) in [5.74, 6) is -63.8. The highest BCUT2D eigenvalue weighted by molar-refractivity contribution is 7.17. The van der Waals surface area contributed by atoms with E-state index in [4.69, 9.17) is 5.73 Å². The van der Waals surface area contributed by atoms with Crippen LogP contribution in [-0.2, 0) is 17.6 Å². The van der Waals surface area contributed by atoms with Crippen LogP contribution in [0.3, 0.4) is 0 Å². The van der Waals surface area contributed by atoms with E-state index in [0.717, 1.165) is 5.32 Å². The summed E-state index contributed by atoms with van der Waals surface area (Å²) in [5.41, 5.74) is 4.27. The van der Waals surface area contributed by atoms with Crippen LogP contribution in [0.5, 0.6) is 0 Å². The maximum Gasteiger partial charge on any atom is 0.460 e. The van der Waals surface area contributed by atoms with Gasteiger partial charge in [-0.2, -0.15) is 74.6 Å². The topological polar surface area (TPSA) is 72.2 Å². The molecule has 0 atom stereocenters. The molecule has 2 amide bonds. The Labute approximate surface area is 220 Å². The summed E-state index contributed by atoms with van der Waals surface area (Å²) in [4.78, 5) is 23.8. The third kappa shape index (κ3) is 4.86. The molecule has 1 aliphatic carbocycles. The fourth-order valence-electron chi connectivity index (χ4n) is 3.58. The molecule has 1 aromatic heterocycles. The number of amides is 2. The molecule has 0 aliphatic heterocycles. The first-order valence-corrected chi connectivity index (χ1v) is 11.3. The summed E-state index contributed by atoms with van der Waals surface area (Å²) in [7, 11) is 0. The Bertz CT molecular complexity index is 1190. The Morgan fingerprint density at radius 3 is 1.46 bits per heavy atom. The highest BCUT2D eigenvalue weighted by Crippen LogP contribution is 2.64. The second-order valence-electron chi connectivity index (χ2n) is 8.61. The summed E-state index contributed by atoms with van der Waals surface area (Å²) in [6.45, 7) is 0. The van der Waals surface area contributed by atoms with Crippen molar-refractivity contribution in [3.05, 3.63) is 16.0 Å². The Kier molecular flexibility index (Phi) is 8.47. The zero-order valence-corrected chi connectivity index (χ0v) is 20.1. The molecule has 0 spiro atoms. The average Bonchev–Trinajstić information content (AvgIpc) is 2.98. The SMILES string of the molecule is NC(=O)c1c(NC(=O)C(F)(F)C(F)(F)C(F)(F)C(F)(F)C(F)(F)C(F)(F)C(F)(F)C(F)(F)F)sc2c1CCCCC2. The van der Waals surface area contributed by atoms with E-state index in [2.05, 4.69) is 0 Å². The molecule has 2 rings (SSSR count). The monoisotopic (exact) mass is 656 g/mol. The van der Waals surface area contributed by atoms with Gasteiger partial charge in [0, 0.05) is 4.88 Å². The molecule has 0 unspecified atom stereocenters. The normalized spacial score (nSPS) is 16.7. The summed E-state index contributed by atoms with van der Waals surface area (Å²) >= 11 is 0.229. The molecule has 4 nitrogen and oxygen atoms in total. The van der Waals surface area contributed by atoms with Crippen LogP contribution in [0.2, 0.25) is 0 Å². The minimum atomic E-state index is -8.80. The second kappa shape index (κ2) is 10.0. The van der Waals surface area contributed by atoms with Gasteiger partial charge in [0.25, 0.3) is 5.91 Å². The summed E-state index contributed by atoms with van der Waals surface area (Å²) in [6, 6.07) is 0. The first-order valence-electron chi connectivity index (χ1n) is 10.5. The van der Waals surface area contributed by atoms with E-state index in [0.29, 0.717) is 19.3 Å². The number of rotatable bonds is 9. The van der Waals surface area contributed by atoms with Crippen LogP contribution >= 0.6 is 11.3 Å². The van der Waals surface area contributed by atoms with E-state index >= 15 is 0 Å². The van der Waals surface area contributed by atoms with Crippen LogP contribution in [0.1, 0.15) is 40.1 Å². The highest BCUT2D eigenvalue weighted by Gasteiger charge is 2.95. The lowest BCUT2D eigenvalue weighted by molar-refractivity contribution is -0.459. The average molecular weight is 656 g/mol. The lowest BCUT2D eigenvalue weighted by Gasteiger charge is -2.42. The van der Waals surface area contributed by atoms with Gasteiger partial charge >= 0.3 is 53.5 Å². The van der Waals surface area contributed by atoms with E-state index in [1.54, 1.807) is 0 Å². The standard InChI is InChI=1S/C19H13F17N2O2S/c20-12(21,11(40)38-10-8(9(37)39)6-4-2-1-3-5-7(6)41-10)13(22,23)14(24,25)15(26,27)16(28,29)17(30,31)18(32,33)19(34,35)36/h1-5H2,(H2,37,39)(H,38,40). The molecule has 1 aromatic rings. The van der Waals surface area contributed by atoms with E-state index < -0.39 is 70.0 Å². The fourth-order valence-corrected chi connectivity index (χ4v) is 4.87. The second-order valence-corrected chi connectivity index (χ2v) is 9.71. The number of halogens is 17. The minimum Gasteiger partial charge on any atom is -0.365 e. The Morgan fingerprint density at radius 1 is 0.610 bits per heavy atom. The molecule has 3 N–H and O–H groups in total. The van der Waals surface area contributed by atoms with Crippen LogP contribution in [-0.4, -0.2) is 59.4 Å². The molecule has 1 aliphatic rings. The van der Waals surface area contributed by atoms with Crippen LogP contribution in [0.25, 0.3) is 0 Å². The molecule has 22 heteroatoms. The third-order valence-electron chi connectivity index (χ3n) is 5.90. The van der Waals surface area contributed by atoms with Gasteiger partial charge in [-0.15, -0.1) is 11.3 Å². The number of anilines is 1. The minimum absolute atomic E-state index is 0.00266. The first-order chi connectivity index (χ1) is 18.1. The lowest BCUT2D eigenvalue weighted by atomic mass is 9.89. The van der Waals surface area contributed by atoms with Crippen LogP contribution < -0.4 is 11.1 Å². The van der Waals surface area contributed by atoms with Gasteiger partial charge in [-0.05, 0) is 31.2 Å². The van der Waals surface area contributed by atoms with Gasteiger partial charge in [0.15, 0.2) is 0 Å².